The maximum absolute atomic E-state index is 14.6. The fourth-order valence-electron chi connectivity index (χ4n) is 8.25. The molecular formula is C49H70N16O11. The van der Waals surface area contributed by atoms with Gasteiger partial charge in [-0.25, -0.2) is 0 Å². The fourth-order valence-corrected chi connectivity index (χ4v) is 8.25. The van der Waals surface area contributed by atoms with Crippen molar-refractivity contribution in [1.29, 1.82) is 10.8 Å². The van der Waals surface area contributed by atoms with Crippen LogP contribution in [0.3, 0.4) is 0 Å². The Balaban J connectivity index is 1.78. The smallest absolute Gasteiger partial charge is 0.303 e. The molecule has 0 saturated carbocycles. The Morgan fingerprint density at radius 1 is 0.711 bits per heavy atom. The van der Waals surface area contributed by atoms with Gasteiger partial charge in [-0.2, -0.15) is 0 Å². The first-order chi connectivity index (χ1) is 36.2. The number of nitrogens with two attached hydrogens (primary N) is 3. The van der Waals surface area contributed by atoms with Crippen molar-refractivity contribution in [3.8, 4) is 0 Å². The number of carboxylic acids is 1. The topological polar surface area (TPSA) is 453 Å². The lowest BCUT2D eigenvalue weighted by Gasteiger charge is -2.28. The van der Waals surface area contributed by atoms with Crippen molar-refractivity contribution in [1.82, 2.24) is 58.2 Å². The Morgan fingerprint density at radius 3 is 1.93 bits per heavy atom. The van der Waals surface area contributed by atoms with Gasteiger partial charge < -0.3 is 80.5 Å². The molecule has 0 radical (unpaired) electrons. The number of benzene rings is 2. The van der Waals surface area contributed by atoms with Crippen molar-refractivity contribution in [2.75, 3.05) is 19.6 Å². The van der Waals surface area contributed by atoms with Crippen LogP contribution in [0.2, 0.25) is 0 Å². The molecule has 0 unspecified atom stereocenters. The van der Waals surface area contributed by atoms with Gasteiger partial charge in [-0.1, -0.05) is 48.5 Å². The van der Waals surface area contributed by atoms with E-state index < -0.39 is 121 Å². The van der Waals surface area contributed by atoms with E-state index in [0.29, 0.717) is 11.1 Å². The van der Waals surface area contributed by atoms with Gasteiger partial charge >= 0.3 is 5.97 Å². The molecule has 27 nitrogen and oxygen atoms in total. The molecule has 1 fully saturated rings. The Kier molecular flexibility index (Phi) is 23.9. The summed E-state index contributed by atoms with van der Waals surface area (Å²) >= 11 is 0. The summed E-state index contributed by atoms with van der Waals surface area (Å²) in [7, 11) is 0. The minimum atomic E-state index is -1.74. The molecule has 20 N–H and O–H groups in total. The molecule has 9 amide bonds. The second-order valence-corrected chi connectivity index (χ2v) is 18.2. The SMILES string of the molecule is CC(=O)N[C@@H](CCCNC(=N)N)C(=O)N[C@H]1CC(=O)NCCCC[C@@H](C(N)=O)NC(=O)[C@H](Cc2c[nH]c3ccccc23)NC(=O)[C@H](CCCNC(=N)N)NC(=O)[C@@H](Cc2ccccc2)NC(=O)[C@H](CCC(=O)O)NC1=O. The van der Waals surface area contributed by atoms with Gasteiger partial charge in [0.2, 0.25) is 53.2 Å². The van der Waals surface area contributed by atoms with Crippen molar-refractivity contribution < 1.29 is 53.1 Å². The van der Waals surface area contributed by atoms with E-state index in [1.54, 1.807) is 42.6 Å². The molecule has 412 valence electrons. The average molecular weight is 1060 g/mol. The summed E-state index contributed by atoms with van der Waals surface area (Å²) < 4.78 is 0. The second kappa shape index (κ2) is 30.4. The van der Waals surface area contributed by atoms with Gasteiger partial charge in [0.1, 0.15) is 42.3 Å². The number of hydrogen-bond acceptors (Lipinski definition) is 12. The van der Waals surface area contributed by atoms with Crippen molar-refractivity contribution in [3.05, 3.63) is 71.9 Å². The molecule has 1 saturated heterocycles. The van der Waals surface area contributed by atoms with Gasteiger partial charge in [0, 0.05) is 62.9 Å². The minimum Gasteiger partial charge on any atom is -0.481 e. The fraction of sp³-hybridized carbons (Fsp3) is 0.469. The molecule has 1 aliphatic rings. The molecule has 2 heterocycles. The molecule has 7 atom stereocenters. The Labute approximate surface area is 437 Å². The highest BCUT2D eigenvalue weighted by Crippen LogP contribution is 2.20. The number of carbonyl (C=O) groups is 10. The van der Waals surface area contributed by atoms with Crippen LogP contribution in [0, 0.1) is 10.8 Å². The quantitative estimate of drug-likeness (QED) is 0.0322. The van der Waals surface area contributed by atoms with Crippen LogP contribution in [-0.2, 0) is 60.8 Å². The van der Waals surface area contributed by atoms with E-state index in [9.17, 15) is 53.1 Å². The number of fused-ring (bicyclic) bond motifs is 1. The zero-order valence-corrected chi connectivity index (χ0v) is 42.2. The summed E-state index contributed by atoms with van der Waals surface area (Å²) in [5, 5.41) is 51.3. The largest absolute Gasteiger partial charge is 0.481 e. The first-order valence-electron chi connectivity index (χ1n) is 24.8. The number of guanidine groups is 2. The molecule has 0 bridgehead atoms. The lowest BCUT2D eigenvalue weighted by atomic mass is 10.0. The van der Waals surface area contributed by atoms with E-state index in [4.69, 9.17) is 28.0 Å². The van der Waals surface area contributed by atoms with Crippen LogP contribution in [-0.4, -0.2) is 143 Å². The van der Waals surface area contributed by atoms with Gasteiger partial charge in [0.15, 0.2) is 11.9 Å². The van der Waals surface area contributed by atoms with Gasteiger partial charge in [0.25, 0.3) is 0 Å². The third-order valence-corrected chi connectivity index (χ3v) is 12.1. The normalized spacial score (nSPS) is 20.9. The summed E-state index contributed by atoms with van der Waals surface area (Å²) in [5.41, 5.74) is 18.5. The van der Waals surface area contributed by atoms with Crippen LogP contribution in [0.1, 0.15) is 82.3 Å². The van der Waals surface area contributed by atoms with Crippen LogP contribution in [0.15, 0.2) is 60.8 Å². The lowest BCUT2D eigenvalue weighted by Crippen LogP contribution is -2.60. The van der Waals surface area contributed by atoms with Crippen molar-refractivity contribution >= 4 is 82.0 Å². The lowest BCUT2D eigenvalue weighted by molar-refractivity contribution is -0.139. The second-order valence-electron chi connectivity index (χ2n) is 18.2. The van der Waals surface area contributed by atoms with Crippen LogP contribution < -0.4 is 70.4 Å². The number of carboxylic acid groups (broad SMARTS) is 1. The summed E-state index contributed by atoms with van der Waals surface area (Å²) in [6, 6.07) is 5.32. The number of aliphatic carboxylic acids is 1. The zero-order valence-electron chi connectivity index (χ0n) is 42.2. The zero-order chi connectivity index (χ0) is 55.7. The number of para-hydroxylation sites is 1. The highest BCUT2D eigenvalue weighted by Gasteiger charge is 2.35. The summed E-state index contributed by atoms with van der Waals surface area (Å²) in [6.45, 7) is 1.34. The van der Waals surface area contributed by atoms with E-state index in [0.717, 1.165) is 17.8 Å². The first kappa shape index (κ1) is 59.8. The van der Waals surface area contributed by atoms with Crippen LogP contribution in [0.5, 0.6) is 0 Å². The highest BCUT2D eigenvalue weighted by molar-refractivity contribution is 5.99. The number of aromatic amines is 1. The molecule has 4 rings (SSSR count). The van der Waals surface area contributed by atoms with E-state index in [1.807, 2.05) is 18.2 Å². The van der Waals surface area contributed by atoms with E-state index in [2.05, 4.69) is 58.2 Å². The third-order valence-electron chi connectivity index (χ3n) is 12.1. The molecule has 0 spiro atoms. The number of nitrogens with one attached hydrogen (secondary N) is 13. The maximum Gasteiger partial charge on any atom is 0.303 e. The van der Waals surface area contributed by atoms with Gasteiger partial charge in [-0.15, -0.1) is 0 Å². The first-order valence-corrected chi connectivity index (χ1v) is 24.8. The number of rotatable bonds is 19. The highest BCUT2D eigenvalue weighted by atomic mass is 16.4. The predicted molar refractivity (Wildman–Crippen MR) is 277 cm³/mol. The molecule has 0 aliphatic carbocycles. The Bertz CT molecular complexity index is 2560. The molecule has 1 aromatic heterocycles. The summed E-state index contributed by atoms with van der Waals surface area (Å²) in [5.74, 6) is -9.97. The standard InChI is InChI=1S/C49H70N16O11/c1-27(66)59-33(16-9-21-56-48(51)52)42(71)65-38-25-39(67)55-20-8-7-15-32(41(50)70)60-46(75)37(24-29-26-58-31-14-6-5-13-30(29)31)64-43(72)34(17-10-22-57-49(53)54)61-45(74)36(23-28-11-3-2-4-12-28)63-44(73)35(62-47(38)76)18-19-40(68)69/h2-6,11-14,26,32-38,58H,7-10,15-25H2,1H3,(H2,50,70)(H,55,67)(H,59,66)(H,60,75)(H,61,74)(H,62,76)(H,63,73)(H,64,72)(H,65,71)(H,68,69)(H4,51,52,56)(H4,53,54,57)/t32-,33-,34-,35-,36+,37-,38-/m0/s1. The summed E-state index contributed by atoms with van der Waals surface area (Å²) in [4.78, 5) is 139. The number of carbonyl (C=O) groups excluding carboxylic acids is 9. The third kappa shape index (κ3) is 20.6. The van der Waals surface area contributed by atoms with Crippen LogP contribution >= 0.6 is 0 Å². The van der Waals surface area contributed by atoms with E-state index in [1.165, 1.54) is 0 Å². The Hall–Kier alpha value is -8.78. The van der Waals surface area contributed by atoms with E-state index >= 15 is 0 Å². The summed E-state index contributed by atoms with van der Waals surface area (Å²) in [6.07, 6.45) is 0.0362. The van der Waals surface area contributed by atoms with Crippen molar-refractivity contribution in [2.24, 2.45) is 17.2 Å². The average Bonchev–Trinajstić information content (AvgIpc) is 3.77. The number of amides is 9. The molecule has 1 aliphatic heterocycles. The van der Waals surface area contributed by atoms with E-state index in [-0.39, 0.29) is 89.3 Å². The van der Waals surface area contributed by atoms with Crippen molar-refractivity contribution in [2.45, 2.75) is 126 Å². The molecular weight excluding hydrogens is 989 g/mol. The van der Waals surface area contributed by atoms with Crippen LogP contribution in [0.4, 0.5) is 0 Å². The Morgan fingerprint density at radius 2 is 1.29 bits per heavy atom. The van der Waals surface area contributed by atoms with Gasteiger partial charge in [0.05, 0.1) is 6.42 Å². The number of H-pyrrole nitrogens is 1. The van der Waals surface area contributed by atoms with Gasteiger partial charge in [-0.3, -0.25) is 58.8 Å². The van der Waals surface area contributed by atoms with Crippen LogP contribution in [0.25, 0.3) is 10.9 Å². The monoisotopic (exact) mass is 1060 g/mol. The molecule has 3 aromatic rings. The minimum absolute atomic E-state index is 0.0123. The predicted octanol–water partition coefficient (Wildman–Crippen LogP) is -3.07. The number of primary amides is 1. The maximum atomic E-state index is 14.6. The van der Waals surface area contributed by atoms with Gasteiger partial charge in [-0.05, 0) is 68.6 Å². The van der Waals surface area contributed by atoms with Crippen molar-refractivity contribution in [3.63, 3.8) is 0 Å². The number of aromatic nitrogens is 1. The molecule has 2 aromatic carbocycles. The molecule has 27 heteroatoms. The number of hydrogen-bond donors (Lipinski definition) is 17. The molecule has 76 heavy (non-hydrogen) atoms.